The topological polar surface area (TPSA) is 76.7 Å². The van der Waals surface area contributed by atoms with E-state index in [-0.39, 0.29) is 18.4 Å². The van der Waals surface area contributed by atoms with Gasteiger partial charge in [-0.15, -0.1) is 0 Å². The Bertz CT molecular complexity index is 698. The Labute approximate surface area is 140 Å². The van der Waals surface area contributed by atoms with Crippen molar-refractivity contribution in [2.45, 2.75) is 6.54 Å². The normalized spacial score (nSPS) is 9.92. The Morgan fingerprint density at radius 3 is 2.29 bits per heavy atom. The van der Waals surface area contributed by atoms with Gasteiger partial charge in [-0.25, -0.2) is 0 Å². The van der Waals surface area contributed by atoms with E-state index in [4.69, 9.17) is 9.47 Å². The molecule has 2 N–H and O–H groups in total. The molecule has 2 aromatic rings. The van der Waals surface area contributed by atoms with Gasteiger partial charge in [-0.2, -0.15) is 0 Å². The number of nitrogens with one attached hydrogen (secondary N) is 2. The van der Waals surface area contributed by atoms with Crippen LogP contribution in [-0.2, 0) is 11.3 Å². The van der Waals surface area contributed by atoms with Crippen LogP contribution in [0.15, 0.2) is 48.5 Å². The summed E-state index contributed by atoms with van der Waals surface area (Å²) in [6, 6.07) is 14.2. The quantitative estimate of drug-likeness (QED) is 0.812. The third-order valence-electron chi connectivity index (χ3n) is 3.41. The minimum atomic E-state index is -0.355. The molecule has 0 atom stereocenters. The van der Waals surface area contributed by atoms with Crippen LogP contribution in [0.25, 0.3) is 0 Å². The first-order chi connectivity index (χ1) is 11.6. The van der Waals surface area contributed by atoms with Crippen molar-refractivity contribution in [3.63, 3.8) is 0 Å². The van der Waals surface area contributed by atoms with Gasteiger partial charge in [0.1, 0.15) is 11.5 Å². The van der Waals surface area contributed by atoms with Crippen LogP contribution < -0.4 is 20.1 Å². The molecule has 2 rings (SSSR count). The van der Waals surface area contributed by atoms with Crippen molar-refractivity contribution < 1.29 is 19.1 Å². The molecule has 0 radical (unpaired) electrons. The summed E-state index contributed by atoms with van der Waals surface area (Å²) < 4.78 is 10.2. The van der Waals surface area contributed by atoms with Crippen molar-refractivity contribution in [1.82, 2.24) is 10.6 Å². The van der Waals surface area contributed by atoms with E-state index in [9.17, 15) is 9.59 Å². The Morgan fingerprint density at radius 2 is 1.62 bits per heavy atom. The number of hydrogen-bond donors (Lipinski definition) is 2. The van der Waals surface area contributed by atoms with E-state index in [1.165, 1.54) is 7.11 Å². The molecule has 0 spiro atoms. The van der Waals surface area contributed by atoms with Crippen molar-refractivity contribution >= 4 is 11.8 Å². The Morgan fingerprint density at radius 1 is 0.917 bits per heavy atom. The van der Waals surface area contributed by atoms with Gasteiger partial charge in [-0.05, 0) is 29.8 Å². The third kappa shape index (κ3) is 4.74. The zero-order valence-electron chi connectivity index (χ0n) is 13.7. The summed E-state index contributed by atoms with van der Waals surface area (Å²) in [4.78, 5) is 23.9. The lowest BCUT2D eigenvalue weighted by Crippen LogP contribution is -2.36. The van der Waals surface area contributed by atoms with Gasteiger partial charge in [0.05, 0.1) is 26.3 Å². The summed E-state index contributed by atoms with van der Waals surface area (Å²) in [6.07, 6.45) is 0. The van der Waals surface area contributed by atoms with Crippen molar-refractivity contribution in [2.24, 2.45) is 0 Å². The van der Waals surface area contributed by atoms with Crippen molar-refractivity contribution in [1.29, 1.82) is 0 Å². The van der Waals surface area contributed by atoms with E-state index >= 15 is 0 Å². The van der Waals surface area contributed by atoms with E-state index in [2.05, 4.69) is 10.6 Å². The first-order valence-electron chi connectivity index (χ1n) is 7.45. The summed E-state index contributed by atoms with van der Waals surface area (Å²) >= 11 is 0. The maximum Gasteiger partial charge on any atom is 0.255 e. The highest BCUT2D eigenvalue weighted by Gasteiger charge is 2.12. The van der Waals surface area contributed by atoms with Crippen molar-refractivity contribution in [2.75, 3.05) is 20.8 Å². The number of methoxy groups -OCH3 is 2. The molecule has 6 heteroatoms. The summed E-state index contributed by atoms with van der Waals surface area (Å²) in [6.45, 7) is 0.278. The molecule has 0 unspecified atom stereocenters. The largest absolute Gasteiger partial charge is 0.497 e. The molecule has 0 bridgehead atoms. The van der Waals surface area contributed by atoms with Crippen LogP contribution in [0.5, 0.6) is 11.5 Å². The average Bonchev–Trinajstić information content (AvgIpc) is 2.64. The zero-order valence-corrected chi connectivity index (χ0v) is 13.7. The fourth-order valence-electron chi connectivity index (χ4n) is 2.09. The van der Waals surface area contributed by atoms with Crippen LogP contribution >= 0.6 is 0 Å². The van der Waals surface area contributed by atoms with Crippen LogP contribution in [0, 0.1) is 0 Å². The number of benzene rings is 2. The molecular formula is C18H20N2O4. The number of hydrogen-bond acceptors (Lipinski definition) is 4. The van der Waals surface area contributed by atoms with E-state index in [1.807, 2.05) is 24.3 Å². The summed E-state index contributed by atoms with van der Waals surface area (Å²) in [5.41, 5.74) is 1.34. The van der Waals surface area contributed by atoms with Gasteiger partial charge in [0.2, 0.25) is 5.91 Å². The van der Waals surface area contributed by atoms with Gasteiger partial charge in [0.15, 0.2) is 0 Å². The smallest absolute Gasteiger partial charge is 0.255 e. The second kappa shape index (κ2) is 8.57. The number of carbonyl (C=O) groups is 2. The lowest BCUT2D eigenvalue weighted by Gasteiger charge is -2.10. The number of para-hydroxylation sites is 1. The van der Waals surface area contributed by atoms with E-state index in [0.717, 1.165) is 11.3 Å². The second-order valence-electron chi connectivity index (χ2n) is 5.01. The van der Waals surface area contributed by atoms with Crippen LogP contribution in [0.3, 0.4) is 0 Å². The molecule has 0 fully saturated rings. The molecule has 24 heavy (non-hydrogen) atoms. The molecule has 0 saturated carbocycles. The maximum atomic E-state index is 12.1. The van der Waals surface area contributed by atoms with Crippen molar-refractivity contribution in [3.05, 3.63) is 59.7 Å². The number of carbonyl (C=O) groups excluding carboxylic acids is 2. The molecule has 2 amide bonds. The molecule has 0 aliphatic carbocycles. The summed E-state index contributed by atoms with van der Waals surface area (Å²) in [5.74, 6) is 0.601. The second-order valence-corrected chi connectivity index (χ2v) is 5.01. The fourth-order valence-corrected chi connectivity index (χ4v) is 2.09. The number of ether oxygens (including phenoxy) is 2. The van der Waals surface area contributed by atoms with Gasteiger partial charge < -0.3 is 20.1 Å². The van der Waals surface area contributed by atoms with Gasteiger partial charge in [-0.1, -0.05) is 24.3 Å². The first-order valence-corrected chi connectivity index (χ1v) is 7.45. The molecule has 126 valence electrons. The molecule has 0 aliphatic rings. The molecule has 0 aliphatic heterocycles. The fraction of sp³-hybridized carbons (Fsp3) is 0.222. The third-order valence-corrected chi connectivity index (χ3v) is 3.41. The zero-order chi connectivity index (χ0) is 17.4. The van der Waals surface area contributed by atoms with E-state index in [1.54, 1.807) is 31.4 Å². The Kier molecular flexibility index (Phi) is 6.19. The van der Waals surface area contributed by atoms with E-state index in [0.29, 0.717) is 17.9 Å². The highest BCUT2D eigenvalue weighted by Crippen LogP contribution is 2.16. The molecule has 2 aromatic carbocycles. The van der Waals surface area contributed by atoms with Gasteiger partial charge in [-0.3, -0.25) is 9.59 Å². The first kappa shape index (κ1) is 17.3. The van der Waals surface area contributed by atoms with Crippen LogP contribution in [-0.4, -0.2) is 32.6 Å². The maximum absolute atomic E-state index is 12.1. The van der Waals surface area contributed by atoms with Crippen LogP contribution in [0.2, 0.25) is 0 Å². The lowest BCUT2D eigenvalue weighted by molar-refractivity contribution is -0.120. The number of rotatable bonds is 7. The number of amides is 2. The SMILES string of the molecule is COc1ccc(CNC(=O)CNC(=O)c2ccccc2OC)cc1. The lowest BCUT2D eigenvalue weighted by atomic mass is 10.2. The predicted octanol–water partition coefficient (Wildman–Crippen LogP) is 1.75. The highest BCUT2D eigenvalue weighted by molar-refractivity contribution is 5.98. The van der Waals surface area contributed by atoms with E-state index < -0.39 is 0 Å². The Balaban J connectivity index is 1.81. The summed E-state index contributed by atoms with van der Waals surface area (Å²) in [5, 5.41) is 5.32. The van der Waals surface area contributed by atoms with Crippen molar-refractivity contribution in [3.8, 4) is 11.5 Å². The minimum Gasteiger partial charge on any atom is -0.497 e. The minimum absolute atomic E-state index is 0.104. The Hall–Kier alpha value is -3.02. The average molecular weight is 328 g/mol. The molecule has 0 heterocycles. The molecular weight excluding hydrogens is 308 g/mol. The van der Waals surface area contributed by atoms with Gasteiger partial charge in [0.25, 0.3) is 5.91 Å². The molecule has 0 aromatic heterocycles. The predicted molar refractivity (Wildman–Crippen MR) is 90.2 cm³/mol. The van der Waals surface area contributed by atoms with Gasteiger partial charge in [0, 0.05) is 6.54 Å². The standard InChI is InChI=1S/C18H20N2O4/c1-23-14-9-7-13(8-10-14)11-19-17(21)12-20-18(22)15-5-3-4-6-16(15)24-2/h3-10H,11-12H2,1-2H3,(H,19,21)(H,20,22). The highest BCUT2D eigenvalue weighted by atomic mass is 16.5. The molecule has 0 saturated heterocycles. The van der Waals surface area contributed by atoms with Crippen LogP contribution in [0.1, 0.15) is 15.9 Å². The summed E-state index contributed by atoms with van der Waals surface area (Å²) in [7, 11) is 3.09. The monoisotopic (exact) mass is 328 g/mol. The molecule has 6 nitrogen and oxygen atoms in total. The van der Waals surface area contributed by atoms with Gasteiger partial charge >= 0.3 is 0 Å². The van der Waals surface area contributed by atoms with Crippen LogP contribution in [0.4, 0.5) is 0 Å².